The van der Waals surface area contributed by atoms with E-state index in [1.54, 1.807) is 13.1 Å². The van der Waals surface area contributed by atoms with Crippen LogP contribution in [0.1, 0.15) is 11.4 Å². The van der Waals surface area contributed by atoms with Crippen molar-refractivity contribution in [3.05, 3.63) is 47.9 Å². The highest BCUT2D eigenvalue weighted by Crippen LogP contribution is 2.18. The molecule has 2 aromatic rings. The Morgan fingerprint density at radius 3 is 2.69 bits per heavy atom. The maximum absolute atomic E-state index is 5.71. The van der Waals surface area contributed by atoms with Crippen molar-refractivity contribution >= 4 is 5.82 Å². The van der Waals surface area contributed by atoms with E-state index in [9.17, 15) is 0 Å². The molecule has 0 spiro atoms. The molecule has 2 N–H and O–H groups in total. The van der Waals surface area contributed by atoms with Gasteiger partial charge in [0.1, 0.15) is 12.4 Å². The van der Waals surface area contributed by atoms with Gasteiger partial charge in [-0.3, -0.25) is 0 Å². The maximum atomic E-state index is 5.71. The first-order chi connectivity index (χ1) is 7.75. The van der Waals surface area contributed by atoms with Crippen molar-refractivity contribution in [1.29, 1.82) is 0 Å². The lowest BCUT2D eigenvalue weighted by atomic mass is 10.2. The standard InChI is InChI=1S/C12H13N3O/c1-9-14-7-11(12(13)15-9)16-8-10-5-3-2-4-6-10/h2-7H,8H2,1H3,(H2,13,14,15). The molecular weight excluding hydrogens is 202 g/mol. The van der Waals surface area contributed by atoms with Crippen LogP contribution in [0.2, 0.25) is 0 Å². The summed E-state index contributed by atoms with van der Waals surface area (Å²) in [6.45, 7) is 2.26. The molecule has 4 nitrogen and oxygen atoms in total. The number of nitrogen functional groups attached to an aromatic ring is 1. The number of rotatable bonds is 3. The Morgan fingerprint density at radius 2 is 2.00 bits per heavy atom. The molecule has 0 fully saturated rings. The third kappa shape index (κ3) is 2.48. The minimum atomic E-state index is 0.378. The van der Waals surface area contributed by atoms with Crippen LogP contribution in [0.5, 0.6) is 5.75 Å². The van der Waals surface area contributed by atoms with E-state index in [-0.39, 0.29) is 0 Å². The number of benzene rings is 1. The van der Waals surface area contributed by atoms with E-state index in [4.69, 9.17) is 10.5 Å². The zero-order valence-corrected chi connectivity index (χ0v) is 9.05. The van der Waals surface area contributed by atoms with E-state index in [1.807, 2.05) is 30.3 Å². The number of ether oxygens (including phenoxy) is 1. The molecule has 0 atom stereocenters. The predicted molar refractivity (Wildman–Crippen MR) is 62.0 cm³/mol. The second-order valence-electron chi connectivity index (χ2n) is 3.44. The first-order valence-electron chi connectivity index (χ1n) is 5.01. The van der Waals surface area contributed by atoms with Crippen molar-refractivity contribution in [2.24, 2.45) is 0 Å². The highest BCUT2D eigenvalue weighted by molar-refractivity contribution is 5.43. The van der Waals surface area contributed by atoms with E-state index in [0.717, 1.165) is 5.56 Å². The SMILES string of the molecule is Cc1ncc(OCc2ccccc2)c(N)n1. The summed E-state index contributed by atoms with van der Waals surface area (Å²) < 4.78 is 5.53. The monoisotopic (exact) mass is 215 g/mol. The van der Waals surface area contributed by atoms with Gasteiger partial charge in [0.2, 0.25) is 0 Å². The third-order valence-electron chi connectivity index (χ3n) is 2.14. The molecule has 82 valence electrons. The van der Waals surface area contributed by atoms with Gasteiger partial charge in [-0.05, 0) is 12.5 Å². The van der Waals surface area contributed by atoms with E-state index in [2.05, 4.69) is 9.97 Å². The van der Waals surface area contributed by atoms with Gasteiger partial charge < -0.3 is 10.5 Å². The van der Waals surface area contributed by atoms with Crippen molar-refractivity contribution in [1.82, 2.24) is 9.97 Å². The largest absolute Gasteiger partial charge is 0.483 e. The summed E-state index contributed by atoms with van der Waals surface area (Å²) in [5.41, 5.74) is 6.80. The number of aromatic nitrogens is 2. The van der Waals surface area contributed by atoms with Gasteiger partial charge in [-0.1, -0.05) is 30.3 Å². The summed E-state index contributed by atoms with van der Waals surface area (Å²) in [7, 11) is 0. The lowest BCUT2D eigenvalue weighted by Crippen LogP contribution is -2.02. The summed E-state index contributed by atoms with van der Waals surface area (Å²) in [5.74, 6) is 1.54. The Morgan fingerprint density at radius 1 is 1.25 bits per heavy atom. The Bertz CT molecular complexity index is 471. The topological polar surface area (TPSA) is 61.0 Å². The van der Waals surface area contributed by atoms with Gasteiger partial charge in [0, 0.05) is 0 Å². The average Bonchev–Trinajstić information content (AvgIpc) is 2.29. The fourth-order valence-electron chi connectivity index (χ4n) is 1.32. The van der Waals surface area contributed by atoms with Crippen LogP contribution < -0.4 is 10.5 Å². The first-order valence-corrected chi connectivity index (χ1v) is 5.01. The van der Waals surface area contributed by atoms with Gasteiger partial charge in [-0.15, -0.1) is 0 Å². The molecule has 2 rings (SSSR count). The zero-order chi connectivity index (χ0) is 11.4. The summed E-state index contributed by atoms with van der Waals surface area (Å²) in [6, 6.07) is 9.88. The minimum Gasteiger partial charge on any atom is -0.483 e. The average molecular weight is 215 g/mol. The highest BCUT2D eigenvalue weighted by atomic mass is 16.5. The smallest absolute Gasteiger partial charge is 0.180 e. The summed E-state index contributed by atoms with van der Waals surface area (Å²) in [4.78, 5) is 8.06. The van der Waals surface area contributed by atoms with Gasteiger partial charge in [0.05, 0.1) is 6.20 Å². The van der Waals surface area contributed by atoms with E-state index >= 15 is 0 Å². The summed E-state index contributed by atoms with van der Waals surface area (Å²) in [6.07, 6.45) is 1.60. The molecule has 1 aromatic heterocycles. The van der Waals surface area contributed by atoms with Gasteiger partial charge in [-0.25, -0.2) is 9.97 Å². The molecule has 0 bridgehead atoms. The van der Waals surface area contributed by atoms with Crippen LogP contribution in [0.15, 0.2) is 36.5 Å². The highest BCUT2D eigenvalue weighted by Gasteiger charge is 2.02. The number of nitrogens with zero attached hydrogens (tertiary/aromatic N) is 2. The third-order valence-corrected chi connectivity index (χ3v) is 2.14. The van der Waals surface area contributed by atoms with Crippen molar-refractivity contribution in [3.63, 3.8) is 0 Å². The van der Waals surface area contributed by atoms with Crippen molar-refractivity contribution in [2.45, 2.75) is 13.5 Å². The van der Waals surface area contributed by atoms with Crippen molar-refractivity contribution in [2.75, 3.05) is 5.73 Å². The Kier molecular flexibility index (Phi) is 3.00. The lowest BCUT2D eigenvalue weighted by molar-refractivity contribution is 0.305. The molecule has 0 amide bonds. The van der Waals surface area contributed by atoms with Gasteiger partial charge in [0.15, 0.2) is 11.6 Å². The van der Waals surface area contributed by atoms with Gasteiger partial charge in [-0.2, -0.15) is 0 Å². The fraction of sp³-hybridized carbons (Fsp3) is 0.167. The lowest BCUT2D eigenvalue weighted by Gasteiger charge is -2.07. The normalized spacial score (nSPS) is 10.1. The van der Waals surface area contributed by atoms with Gasteiger partial charge >= 0.3 is 0 Å². The second-order valence-corrected chi connectivity index (χ2v) is 3.44. The van der Waals surface area contributed by atoms with Crippen LogP contribution in [-0.4, -0.2) is 9.97 Å². The van der Waals surface area contributed by atoms with Crippen molar-refractivity contribution < 1.29 is 4.74 Å². The minimum absolute atomic E-state index is 0.378. The van der Waals surface area contributed by atoms with Crippen LogP contribution in [-0.2, 0) is 6.61 Å². The molecule has 0 unspecified atom stereocenters. The van der Waals surface area contributed by atoms with Crippen LogP contribution >= 0.6 is 0 Å². The summed E-state index contributed by atoms with van der Waals surface area (Å²) >= 11 is 0. The maximum Gasteiger partial charge on any atom is 0.180 e. The Hall–Kier alpha value is -2.10. The molecule has 1 heterocycles. The fourth-order valence-corrected chi connectivity index (χ4v) is 1.32. The molecule has 0 radical (unpaired) electrons. The number of aryl methyl sites for hydroxylation is 1. The second kappa shape index (κ2) is 4.61. The molecule has 0 aliphatic heterocycles. The summed E-state index contributed by atoms with van der Waals surface area (Å²) in [5, 5.41) is 0. The molecule has 1 aromatic carbocycles. The molecule has 0 aliphatic carbocycles. The molecule has 0 saturated heterocycles. The number of hydrogen-bond donors (Lipinski definition) is 1. The zero-order valence-electron chi connectivity index (χ0n) is 9.05. The quantitative estimate of drug-likeness (QED) is 0.850. The van der Waals surface area contributed by atoms with E-state index in [1.165, 1.54) is 0 Å². The van der Waals surface area contributed by atoms with Gasteiger partial charge in [0.25, 0.3) is 0 Å². The van der Waals surface area contributed by atoms with Crippen LogP contribution in [0.25, 0.3) is 0 Å². The van der Waals surface area contributed by atoms with Crippen molar-refractivity contribution in [3.8, 4) is 5.75 Å². The molecule has 0 saturated carbocycles. The van der Waals surface area contributed by atoms with Crippen LogP contribution in [0, 0.1) is 6.92 Å². The first kappa shape index (κ1) is 10.4. The van der Waals surface area contributed by atoms with Crippen LogP contribution in [0.4, 0.5) is 5.82 Å². The van der Waals surface area contributed by atoms with E-state index in [0.29, 0.717) is 24.0 Å². The molecule has 16 heavy (non-hydrogen) atoms. The molecule has 4 heteroatoms. The van der Waals surface area contributed by atoms with E-state index < -0.39 is 0 Å². The number of nitrogens with two attached hydrogens (primary N) is 1. The molecular formula is C12H13N3O. The number of hydrogen-bond acceptors (Lipinski definition) is 4. The Labute approximate surface area is 94.1 Å². The number of anilines is 1. The molecule has 0 aliphatic rings. The van der Waals surface area contributed by atoms with Crippen LogP contribution in [0.3, 0.4) is 0 Å². The predicted octanol–water partition coefficient (Wildman–Crippen LogP) is 1.95. The Balaban J connectivity index is 2.05.